The average molecular weight is 518 g/mol. The van der Waals surface area contributed by atoms with Gasteiger partial charge < -0.3 is 9.47 Å². The maximum atomic E-state index is 5.88. The van der Waals surface area contributed by atoms with Gasteiger partial charge in [-0.3, -0.25) is 0 Å². The van der Waals surface area contributed by atoms with Crippen molar-refractivity contribution in [3.8, 4) is 11.5 Å². The Morgan fingerprint density at radius 1 is 0.727 bits per heavy atom. The Hall–Kier alpha value is -0.500. The molecule has 4 heteroatoms. The molecule has 2 atom stereocenters. The molecule has 0 fully saturated rings. The van der Waals surface area contributed by atoms with Gasteiger partial charge in [0.2, 0.25) is 0 Å². The summed E-state index contributed by atoms with van der Waals surface area (Å²) in [7, 11) is 0. The molecule has 0 bridgehead atoms. The van der Waals surface area contributed by atoms with Crippen LogP contribution in [0.25, 0.3) is 0 Å². The van der Waals surface area contributed by atoms with Crippen LogP contribution in [0.15, 0.2) is 36.4 Å². The fraction of sp³-hybridized carbons (Fsp3) is 0.333. The zero-order valence-electron chi connectivity index (χ0n) is 12.0. The molecule has 0 amide bonds. The number of rotatable bonds is 1. The Balaban J connectivity index is 1.79. The molecule has 2 nitrogen and oxygen atoms in total. The molecule has 2 aliphatic rings. The van der Waals surface area contributed by atoms with Gasteiger partial charge in [-0.05, 0) is 117 Å². The molecule has 0 saturated heterocycles. The first-order valence-electron chi connectivity index (χ1n) is 7.57. The summed E-state index contributed by atoms with van der Waals surface area (Å²) in [5.74, 6) is 3.18. The molecule has 2 aliphatic heterocycles. The van der Waals surface area contributed by atoms with Crippen LogP contribution in [-0.4, -0.2) is 13.2 Å². The number of hydrogen-bond acceptors (Lipinski definition) is 2. The van der Waals surface area contributed by atoms with Crippen LogP contribution in [0, 0.1) is 7.14 Å². The number of hydrogen-bond donors (Lipinski definition) is 0. The molecule has 2 aromatic carbocycles. The molecule has 0 saturated carbocycles. The van der Waals surface area contributed by atoms with Crippen LogP contribution in [0.3, 0.4) is 0 Å². The van der Waals surface area contributed by atoms with Crippen molar-refractivity contribution in [2.24, 2.45) is 0 Å². The predicted molar refractivity (Wildman–Crippen MR) is 104 cm³/mol. The summed E-state index contributed by atoms with van der Waals surface area (Å²) < 4.78 is 14.3. The maximum absolute atomic E-state index is 5.88. The summed E-state index contributed by atoms with van der Waals surface area (Å²) in [6, 6.07) is 13.1. The van der Waals surface area contributed by atoms with Gasteiger partial charge in [0, 0.05) is 7.14 Å². The fourth-order valence-corrected chi connectivity index (χ4v) is 4.65. The third-order valence-electron chi connectivity index (χ3n) is 4.60. The van der Waals surface area contributed by atoms with Crippen molar-refractivity contribution in [2.75, 3.05) is 13.2 Å². The van der Waals surface area contributed by atoms with Gasteiger partial charge in [0.1, 0.15) is 11.5 Å². The second-order valence-corrected chi connectivity index (χ2v) is 8.34. The summed E-state index contributed by atoms with van der Waals surface area (Å²) in [6.07, 6.45) is 2.17. The van der Waals surface area contributed by atoms with Crippen LogP contribution in [0.4, 0.5) is 0 Å². The highest BCUT2D eigenvalue weighted by molar-refractivity contribution is 14.1. The second-order valence-electron chi connectivity index (χ2n) is 5.85. The lowest BCUT2D eigenvalue weighted by Gasteiger charge is -2.36. The van der Waals surface area contributed by atoms with Gasteiger partial charge in [0.05, 0.1) is 13.2 Å². The van der Waals surface area contributed by atoms with Gasteiger partial charge >= 0.3 is 0 Å². The average Bonchev–Trinajstić information content (AvgIpc) is 2.54. The lowest BCUT2D eigenvalue weighted by Crippen LogP contribution is -2.25. The van der Waals surface area contributed by atoms with Crippen LogP contribution in [0.1, 0.15) is 35.8 Å². The molecular formula is C18H16I2O2. The second kappa shape index (κ2) is 6.19. The van der Waals surface area contributed by atoms with Gasteiger partial charge in [-0.15, -0.1) is 0 Å². The standard InChI is InChI=1S/C18H16I2O2/c19-11-1-3-17-15(9-11)13(5-7-21-17)14-6-8-22-18-4-2-12(20)10-16(14)18/h1-4,9-10,13-14H,5-8H2. The Morgan fingerprint density at radius 3 is 1.64 bits per heavy atom. The highest BCUT2D eigenvalue weighted by Gasteiger charge is 2.33. The highest BCUT2D eigenvalue weighted by Crippen LogP contribution is 2.48. The molecule has 0 radical (unpaired) electrons. The van der Waals surface area contributed by atoms with Gasteiger partial charge in [-0.2, -0.15) is 0 Å². The lowest BCUT2D eigenvalue weighted by molar-refractivity contribution is 0.217. The molecule has 0 aromatic heterocycles. The lowest BCUT2D eigenvalue weighted by atomic mass is 9.76. The van der Waals surface area contributed by atoms with Gasteiger partial charge in [0.15, 0.2) is 0 Å². The summed E-state index contributed by atoms with van der Waals surface area (Å²) in [5, 5.41) is 0. The third kappa shape index (κ3) is 2.72. The minimum Gasteiger partial charge on any atom is -0.493 e. The first kappa shape index (κ1) is 15.1. The van der Waals surface area contributed by atoms with Crippen LogP contribution < -0.4 is 9.47 Å². The van der Waals surface area contributed by atoms with E-state index in [4.69, 9.17) is 9.47 Å². The van der Waals surface area contributed by atoms with Crippen molar-refractivity contribution in [2.45, 2.75) is 24.7 Å². The fourth-order valence-electron chi connectivity index (χ4n) is 3.62. The highest BCUT2D eigenvalue weighted by atomic mass is 127. The summed E-state index contributed by atoms with van der Waals surface area (Å²) in [6.45, 7) is 1.63. The summed E-state index contributed by atoms with van der Waals surface area (Å²) in [4.78, 5) is 0. The number of halogens is 2. The zero-order valence-corrected chi connectivity index (χ0v) is 16.3. The van der Waals surface area contributed by atoms with E-state index in [9.17, 15) is 0 Å². The van der Waals surface area contributed by atoms with Crippen molar-refractivity contribution in [1.29, 1.82) is 0 Å². The largest absolute Gasteiger partial charge is 0.493 e. The topological polar surface area (TPSA) is 18.5 Å². The third-order valence-corrected chi connectivity index (χ3v) is 5.94. The molecule has 114 valence electrons. The van der Waals surface area contributed by atoms with E-state index in [1.807, 2.05) is 0 Å². The van der Waals surface area contributed by atoms with Crippen molar-refractivity contribution < 1.29 is 9.47 Å². The first-order chi connectivity index (χ1) is 10.7. The van der Waals surface area contributed by atoms with E-state index in [0.717, 1.165) is 37.6 Å². The molecule has 0 aliphatic carbocycles. The number of benzene rings is 2. The van der Waals surface area contributed by atoms with Crippen molar-refractivity contribution in [3.63, 3.8) is 0 Å². The monoisotopic (exact) mass is 518 g/mol. The van der Waals surface area contributed by atoms with Crippen LogP contribution in [0.2, 0.25) is 0 Å². The van der Waals surface area contributed by atoms with E-state index in [0.29, 0.717) is 11.8 Å². The summed E-state index contributed by atoms with van der Waals surface area (Å²) >= 11 is 4.78. The van der Waals surface area contributed by atoms with Crippen molar-refractivity contribution in [3.05, 3.63) is 54.7 Å². The van der Waals surface area contributed by atoms with Crippen LogP contribution in [-0.2, 0) is 0 Å². The van der Waals surface area contributed by atoms with E-state index in [1.165, 1.54) is 18.3 Å². The quantitative estimate of drug-likeness (QED) is 0.476. The molecule has 0 spiro atoms. The normalized spacial score (nSPS) is 23.0. The molecule has 2 heterocycles. The smallest absolute Gasteiger partial charge is 0.122 e. The van der Waals surface area contributed by atoms with E-state index >= 15 is 0 Å². The Bertz CT molecular complexity index is 653. The molecule has 4 rings (SSSR count). The van der Waals surface area contributed by atoms with Crippen molar-refractivity contribution in [1.82, 2.24) is 0 Å². The zero-order chi connectivity index (χ0) is 15.1. The molecule has 2 aromatic rings. The van der Waals surface area contributed by atoms with Gasteiger partial charge in [-0.1, -0.05) is 0 Å². The Labute approximate surface area is 157 Å². The molecule has 2 unspecified atom stereocenters. The Morgan fingerprint density at radius 2 is 1.18 bits per heavy atom. The van der Waals surface area contributed by atoms with E-state index in [-0.39, 0.29) is 0 Å². The van der Waals surface area contributed by atoms with Gasteiger partial charge in [0.25, 0.3) is 0 Å². The van der Waals surface area contributed by atoms with E-state index < -0.39 is 0 Å². The molecule has 0 N–H and O–H groups in total. The number of fused-ring (bicyclic) bond motifs is 2. The minimum absolute atomic E-state index is 0.527. The van der Waals surface area contributed by atoms with E-state index in [2.05, 4.69) is 81.6 Å². The molecule has 22 heavy (non-hydrogen) atoms. The number of ether oxygens (including phenoxy) is 2. The minimum atomic E-state index is 0.527. The maximum Gasteiger partial charge on any atom is 0.122 e. The van der Waals surface area contributed by atoms with Gasteiger partial charge in [-0.25, -0.2) is 0 Å². The van der Waals surface area contributed by atoms with Crippen LogP contribution in [0.5, 0.6) is 11.5 Å². The first-order valence-corrected chi connectivity index (χ1v) is 9.72. The molecular weight excluding hydrogens is 502 g/mol. The van der Waals surface area contributed by atoms with Crippen LogP contribution >= 0.6 is 45.2 Å². The predicted octanol–water partition coefficient (Wildman–Crippen LogP) is 5.33. The summed E-state index contributed by atoms with van der Waals surface area (Å²) in [5.41, 5.74) is 2.74. The van der Waals surface area contributed by atoms with Crippen molar-refractivity contribution >= 4 is 45.2 Å². The Kier molecular flexibility index (Phi) is 4.23. The van der Waals surface area contributed by atoms with E-state index in [1.54, 1.807) is 0 Å². The SMILES string of the molecule is Ic1ccc2c(c1)C(C1CCOc3ccc(I)cc31)CCO2.